The van der Waals surface area contributed by atoms with Crippen molar-refractivity contribution < 1.29 is 4.42 Å². The van der Waals surface area contributed by atoms with Crippen molar-refractivity contribution in [3.8, 4) is 0 Å². The van der Waals surface area contributed by atoms with Crippen molar-refractivity contribution in [2.24, 2.45) is 0 Å². The summed E-state index contributed by atoms with van der Waals surface area (Å²) in [6.45, 7) is 5.32. The first-order valence-electron chi connectivity index (χ1n) is 5.90. The normalized spacial score (nSPS) is 13.2. The van der Waals surface area contributed by atoms with E-state index in [0.29, 0.717) is 5.92 Å². The largest absolute Gasteiger partial charge is 0.460 e. The number of nitrogens with one attached hydrogen (secondary N) is 1. The lowest BCUT2D eigenvalue weighted by Crippen LogP contribution is -2.16. The van der Waals surface area contributed by atoms with E-state index < -0.39 is 0 Å². The minimum absolute atomic E-state index is 0.470. The van der Waals surface area contributed by atoms with Gasteiger partial charge in [-0.05, 0) is 32.0 Å². The molecule has 1 heterocycles. The van der Waals surface area contributed by atoms with E-state index >= 15 is 0 Å². The molecule has 0 saturated carbocycles. The molecule has 0 spiro atoms. The summed E-state index contributed by atoms with van der Waals surface area (Å²) in [6, 6.07) is 8.25. The highest BCUT2D eigenvalue weighted by molar-refractivity contribution is 5.82. The average molecular weight is 217 g/mol. The van der Waals surface area contributed by atoms with E-state index in [4.69, 9.17) is 4.42 Å². The number of fused-ring (bicyclic) bond motifs is 1. The fourth-order valence-electron chi connectivity index (χ4n) is 2.25. The Morgan fingerprint density at radius 1 is 1.31 bits per heavy atom. The third-order valence-corrected chi connectivity index (χ3v) is 3.19. The number of furan rings is 1. The van der Waals surface area contributed by atoms with Gasteiger partial charge >= 0.3 is 0 Å². The van der Waals surface area contributed by atoms with Gasteiger partial charge in [0.15, 0.2) is 0 Å². The molecule has 2 aromatic rings. The predicted octanol–water partition coefficient (Wildman–Crippen LogP) is 3.45. The Kier molecular flexibility index (Phi) is 3.30. The molecular weight excluding hydrogens is 198 g/mol. The Balaban J connectivity index is 2.47. The molecule has 1 unspecified atom stereocenters. The van der Waals surface area contributed by atoms with Gasteiger partial charge < -0.3 is 9.73 Å². The van der Waals surface area contributed by atoms with Crippen LogP contribution >= 0.6 is 0 Å². The molecule has 0 saturated heterocycles. The number of aryl methyl sites for hydroxylation is 1. The average Bonchev–Trinajstić information content (AvgIpc) is 2.64. The van der Waals surface area contributed by atoms with Crippen molar-refractivity contribution in [2.45, 2.75) is 26.2 Å². The molecule has 2 heteroatoms. The van der Waals surface area contributed by atoms with Crippen LogP contribution in [-0.2, 0) is 0 Å². The van der Waals surface area contributed by atoms with E-state index in [1.807, 2.05) is 19.2 Å². The number of likely N-dealkylation sites (N-methyl/N-ethyl adjacent to an activating group) is 1. The molecular formula is C14H19NO. The summed E-state index contributed by atoms with van der Waals surface area (Å²) in [5.74, 6) is 1.61. The van der Waals surface area contributed by atoms with E-state index in [1.54, 1.807) is 0 Å². The smallest absolute Gasteiger partial charge is 0.134 e. The molecule has 0 aliphatic heterocycles. The zero-order valence-electron chi connectivity index (χ0n) is 10.2. The first-order valence-corrected chi connectivity index (χ1v) is 5.90. The topological polar surface area (TPSA) is 25.2 Å². The summed E-state index contributed by atoms with van der Waals surface area (Å²) < 4.78 is 5.96. The molecule has 2 rings (SSSR count). The molecule has 1 aromatic carbocycles. The van der Waals surface area contributed by atoms with Crippen molar-refractivity contribution in [3.05, 3.63) is 35.6 Å². The summed E-state index contributed by atoms with van der Waals surface area (Å²) >= 11 is 0. The molecule has 0 aliphatic carbocycles. The van der Waals surface area contributed by atoms with Crippen LogP contribution in [0.1, 0.15) is 30.6 Å². The molecule has 0 bridgehead atoms. The van der Waals surface area contributed by atoms with Gasteiger partial charge in [0.1, 0.15) is 11.3 Å². The standard InChI is InChI=1S/C14H19NO/c1-4-11(9-15-3)14-10(2)12-7-5-6-8-13(12)16-14/h5-8,11,15H,4,9H2,1-3H3. The Hall–Kier alpha value is -1.28. The van der Waals surface area contributed by atoms with E-state index in [1.165, 1.54) is 10.9 Å². The number of hydrogen-bond acceptors (Lipinski definition) is 2. The summed E-state index contributed by atoms with van der Waals surface area (Å²) in [5, 5.41) is 4.47. The molecule has 0 amide bonds. The summed E-state index contributed by atoms with van der Waals surface area (Å²) in [7, 11) is 1.99. The number of rotatable bonds is 4. The molecule has 0 aliphatic rings. The highest BCUT2D eigenvalue weighted by Crippen LogP contribution is 2.31. The van der Waals surface area contributed by atoms with Crippen molar-refractivity contribution in [1.82, 2.24) is 5.32 Å². The van der Waals surface area contributed by atoms with Crippen LogP contribution in [0.15, 0.2) is 28.7 Å². The summed E-state index contributed by atoms with van der Waals surface area (Å²) in [5.41, 5.74) is 2.29. The molecule has 2 nitrogen and oxygen atoms in total. The van der Waals surface area contributed by atoms with Gasteiger partial charge in [0.25, 0.3) is 0 Å². The lowest BCUT2D eigenvalue weighted by Gasteiger charge is -2.12. The predicted molar refractivity (Wildman–Crippen MR) is 67.9 cm³/mol. The van der Waals surface area contributed by atoms with Gasteiger partial charge in [-0.25, -0.2) is 0 Å². The maximum atomic E-state index is 5.96. The SMILES string of the molecule is CCC(CNC)c1oc2ccccc2c1C. The van der Waals surface area contributed by atoms with Gasteiger partial charge in [-0.2, -0.15) is 0 Å². The maximum absolute atomic E-state index is 5.96. The third-order valence-electron chi connectivity index (χ3n) is 3.19. The van der Waals surface area contributed by atoms with Crippen molar-refractivity contribution in [2.75, 3.05) is 13.6 Å². The molecule has 1 aromatic heterocycles. The zero-order chi connectivity index (χ0) is 11.5. The number of benzene rings is 1. The number of para-hydroxylation sites is 1. The van der Waals surface area contributed by atoms with Crippen molar-refractivity contribution >= 4 is 11.0 Å². The maximum Gasteiger partial charge on any atom is 0.134 e. The van der Waals surface area contributed by atoms with Crippen LogP contribution in [0.5, 0.6) is 0 Å². The Morgan fingerprint density at radius 3 is 2.69 bits per heavy atom. The molecule has 16 heavy (non-hydrogen) atoms. The second kappa shape index (κ2) is 4.71. The van der Waals surface area contributed by atoms with Gasteiger partial charge in [0.2, 0.25) is 0 Å². The molecule has 1 N–H and O–H groups in total. The van der Waals surface area contributed by atoms with Gasteiger partial charge in [0.05, 0.1) is 0 Å². The third kappa shape index (κ3) is 1.85. The van der Waals surface area contributed by atoms with E-state index in [-0.39, 0.29) is 0 Å². The highest BCUT2D eigenvalue weighted by Gasteiger charge is 2.17. The van der Waals surface area contributed by atoms with Gasteiger partial charge in [-0.1, -0.05) is 25.1 Å². The van der Waals surface area contributed by atoms with Crippen LogP contribution in [0.2, 0.25) is 0 Å². The minimum Gasteiger partial charge on any atom is -0.460 e. The molecule has 0 radical (unpaired) electrons. The van der Waals surface area contributed by atoms with Crippen molar-refractivity contribution in [1.29, 1.82) is 0 Å². The van der Waals surface area contributed by atoms with Crippen LogP contribution < -0.4 is 5.32 Å². The fourth-order valence-corrected chi connectivity index (χ4v) is 2.25. The summed E-state index contributed by atoms with van der Waals surface area (Å²) in [4.78, 5) is 0. The van der Waals surface area contributed by atoms with Crippen LogP contribution in [0.3, 0.4) is 0 Å². The van der Waals surface area contributed by atoms with Crippen LogP contribution in [0.25, 0.3) is 11.0 Å². The van der Waals surface area contributed by atoms with Gasteiger partial charge in [0, 0.05) is 17.8 Å². The quantitative estimate of drug-likeness (QED) is 0.848. The van der Waals surface area contributed by atoms with Crippen LogP contribution in [0.4, 0.5) is 0 Å². The molecule has 86 valence electrons. The molecule has 1 atom stereocenters. The van der Waals surface area contributed by atoms with Crippen LogP contribution in [0, 0.1) is 6.92 Å². The summed E-state index contributed by atoms with van der Waals surface area (Å²) in [6.07, 6.45) is 1.10. The van der Waals surface area contributed by atoms with Crippen molar-refractivity contribution in [3.63, 3.8) is 0 Å². The van der Waals surface area contributed by atoms with E-state index in [9.17, 15) is 0 Å². The van der Waals surface area contributed by atoms with E-state index in [0.717, 1.165) is 24.3 Å². The Labute approximate surface area is 96.6 Å². The lowest BCUT2D eigenvalue weighted by atomic mass is 9.99. The Bertz CT molecular complexity index is 473. The Morgan fingerprint density at radius 2 is 2.06 bits per heavy atom. The first-order chi connectivity index (χ1) is 7.77. The van der Waals surface area contributed by atoms with Gasteiger partial charge in [-0.3, -0.25) is 0 Å². The number of hydrogen-bond donors (Lipinski definition) is 1. The zero-order valence-corrected chi connectivity index (χ0v) is 10.2. The lowest BCUT2D eigenvalue weighted by molar-refractivity contribution is 0.465. The molecule has 0 fully saturated rings. The fraction of sp³-hybridized carbons (Fsp3) is 0.429. The van der Waals surface area contributed by atoms with E-state index in [2.05, 4.69) is 31.3 Å². The first kappa shape index (κ1) is 11.2. The highest BCUT2D eigenvalue weighted by atomic mass is 16.3. The second-order valence-electron chi connectivity index (χ2n) is 4.25. The van der Waals surface area contributed by atoms with Gasteiger partial charge in [-0.15, -0.1) is 0 Å². The van der Waals surface area contributed by atoms with Crippen LogP contribution in [-0.4, -0.2) is 13.6 Å². The minimum atomic E-state index is 0.470. The second-order valence-corrected chi connectivity index (χ2v) is 4.25. The monoisotopic (exact) mass is 217 g/mol.